The van der Waals surface area contributed by atoms with Crippen LogP contribution in [0.4, 0.5) is 0 Å². The van der Waals surface area contributed by atoms with Crippen LogP contribution in [0.5, 0.6) is 0 Å². The maximum Gasteiger partial charge on any atom is 0.333 e. The van der Waals surface area contributed by atoms with Crippen molar-refractivity contribution in [2.75, 3.05) is 6.61 Å². The first-order chi connectivity index (χ1) is 7.64. The van der Waals surface area contributed by atoms with Crippen molar-refractivity contribution < 1.29 is 29.0 Å². The number of carbonyl (C=O) groups is 3. The van der Waals surface area contributed by atoms with E-state index in [0.29, 0.717) is 0 Å². The predicted molar refractivity (Wildman–Crippen MR) is 58.2 cm³/mol. The van der Waals surface area contributed by atoms with Crippen molar-refractivity contribution in [3.05, 3.63) is 12.2 Å². The molecule has 0 saturated carbocycles. The molecule has 0 amide bonds. The summed E-state index contributed by atoms with van der Waals surface area (Å²) in [5, 5.41) is 8.33. The van der Waals surface area contributed by atoms with Crippen molar-refractivity contribution in [1.82, 2.24) is 0 Å². The molecule has 0 aromatic carbocycles. The van der Waals surface area contributed by atoms with Gasteiger partial charge in [-0.05, 0) is 20.8 Å². The number of aliphatic carboxylic acids is 1. The van der Waals surface area contributed by atoms with Crippen LogP contribution in [-0.4, -0.2) is 35.2 Å². The lowest BCUT2D eigenvalue weighted by atomic mass is 10.1. The third kappa shape index (κ3) is 7.10. The van der Waals surface area contributed by atoms with Crippen LogP contribution in [0.3, 0.4) is 0 Å². The molecule has 0 atom stereocenters. The highest BCUT2D eigenvalue weighted by Crippen LogP contribution is 2.12. The van der Waals surface area contributed by atoms with Crippen LogP contribution in [-0.2, 0) is 23.9 Å². The topological polar surface area (TPSA) is 89.9 Å². The monoisotopic (exact) mass is 244 g/mol. The highest BCUT2D eigenvalue weighted by atomic mass is 16.6. The fourth-order valence-electron chi connectivity index (χ4n) is 0.796. The SMILES string of the molecule is C=C(C)C(=O)OC(C)(C)COC(=O)CC(=O)O. The minimum absolute atomic E-state index is 0.210. The van der Waals surface area contributed by atoms with Gasteiger partial charge in [0.25, 0.3) is 0 Å². The summed E-state index contributed by atoms with van der Waals surface area (Å²) in [5.41, 5.74) is -0.792. The van der Waals surface area contributed by atoms with E-state index in [4.69, 9.17) is 9.84 Å². The van der Waals surface area contributed by atoms with Crippen molar-refractivity contribution >= 4 is 17.9 Å². The number of carbonyl (C=O) groups excluding carboxylic acids is 2. The summed E-state index contributed by atoms with van der Waals surface area (Å²) in [7, 11) is 0. The number of esters is 2. The van der Waals surface area contributed by atoms with Crippen molar-refractivity contribution in [3.63, 3.8) is 0 Å². The number of hydrogen-bond donors (Lipinski definition) is 1. The predicted octanol–water partition coefficient (Wildman–Crippen LogP) is 0.902. The van der Waals surface area contributed by atoms with Gasteiger partial charge in [0.05, 0.1) is 0 Å². The van der Waals surface area contributed by atoms with E-state index in [2.05, 4.69) is 11.3 Å². The molecule has 0 aromatic heterocycles. The quantitative estimate of drug-likeness (QED) is 0.424. The third-order valence-corrected chi connectivity index (χ3v) is 1.59. The van der Waals surface area contributed by atoms with Gasteiger partial charge in [-0.1, -0.05) is 6.58 Å². The van der Waals surface area contributed by atoms with Gasteiger partial charge in [0, 0.05) is 5.57 Å². The zero-order valence-electron chi connectivity index (χ0n) is 10.1. The van der Waals surface area contributed by atoms with E-state index in [1.165, 1.54) is 6.92 Å². The first kappa shape index (κ1) is 15.2. The lowest BCUT2D eigenvalue weighted by molar-refractivity contribution is -0.167. The first-order valence-corrected chi connectivity index (χ1v) is 4.90. The van der Waals surface area contributed by atoms with E-state index in [0.717, 1.165) is 0 Å². The lowest BCUT2D eigenvalue weighted by Gasteiger charge is -2.24. The Labute approximate surface area is 99.2 Å². The number of rotatable bonds is 6. The summed E-state index contributed by atoms with van der Waals surface area (Å²) in [4.78, 5) is 32.4. The molecule has 0 aliphatic heterocycles. The van der Waals surface area contributed by atoms with E-state index >= 15 is 0 Å². The molecule has 0 aliphatic carbocycles. The average molecular weight is 244 g/mol. The summed E-state index contributed by atoms with van der Waals surface area (Å²) >= 11 is 0. The maximum absolute atomic E-state index is 11.2. The van der Waals surface area contributed by atoms with Gasteiger partial charge in [0.1, 0.15) is 18.6 Å². The summed E-state index contributed by atoms with van der Waals surface area (Å²) in [5.74, 6) is -2.74. The number of carboxylic acid groups (broad SMARTS) is 1. The Balaban J connectivity index is 4.18. The van der Waals surface area contributed by atoms with Crippen LogP contribution in [0.2, 0.25) is 0 Å². The van der Waals surface area contributed by atoms with E-state index in [-0.39, 0.29) is 12.2 Å². The van der Waals surface area contributed by atoms with Crippen LogP contribution in [0, 0.1) is 0 Å². The summed E-state index contributed by atoms with van der Waals surface area (Å²) in [6.07, 6.45) is -0.718. The highest BCUT2D eigenvalue weighted by Gasteiger charge is 2.25. The minimum atomic E-state index is -1.27. The fourth-order valence-corrected chi connectivity index (χ4v) is 0.796. The fraction of sp³-hybridized carbons (Fsp3) is 0.545. The molecule has 0 heterocycles. The Kier molecular flexibility index (Phi) is 5.37. The molecule has 0 bridgehead atoms. The standard InChI is InChI=1S/C11H16O6/c1-7(2)10(15)17-11(3,4)6-16-9(14)5-8(12)13/h1,5-6H2,2-4H3,(H,12,13). The molecule has 0 unspecified atom stereocenters. The Morgan fingerprint density at radius 2 is 1.82 bits per heavy atom. The van der Waals surface area contributed by atoms with Crippen molar-refractivity contribution in [2.45, 2.75) is 32.8 Å². The Morgan fingerprint density at radius 3 is 2.24 bits per heavy atom. The highest BCUT2D eigenvalue weighted by molar-refractivity contribution is 5.90. The molecular weight excluding hydrogens is 228 g/mol. The molecule has 0 rings (SSSR count). The molecule has 96 valence electrons. The van der Waals surface area contributed by atoms with E-state index < -0.39 is 29.9 Å². The molecular formula is C11H16O6. The van der Waals surface area contributed by atoms with Crippen LogP contribution in [0.1, 0.15) is 27.2 Å². The Hall–Kier alpha value is -1.85. The van der Waals surface area contributed by atoms with Crippen molar-refractivity contribution in [2.24, 2.45) is 0 Å². The van der Waals surface area contributed by atoms with Gasteiger partial charge < -0.3 is 14.6 Å². The van der Waals surface area contributed by atoms with E-state index in [1.807, 2.05) is 0 Å². The third-order valence-electron chi connectivity index (χ3n) is 1.59. The minimum Gasteiger partial charge on any atom is -0.481 e. The summed E-state index contributed by atoms with van der Waals surface area (Å²) in [6, 6.07) is 0. The number of carboxylic acids is 1. The molecule has 0 aromatic rings. The Bertz CT molecular complexity index is 342. The van der Waals surface area contributed by atoms with Crippen LogP contribution in [0.15, 0.2) is 12.2 Å². The maximum atomic E-state index is 11.2. The van der Waals surface area contributed by atoms with Gasteiger partial charge in [0.2, 0.25) is 0 Å². The molecule has 6 heteroatoms. The zero-order chi connectivity index (χ0) is 13.6. The molecule has 0 radical (unpaired) electrons. The molecule has 0 spiro atoms. The smallest absolute Gasteiger partial charge is 0.333 e. The average Bonchev–Trinajstić information content (AvgIpc) is 2.13. The molecule has 6 nitrogen and oxygen atoms in total. The molecule has 0 saturated heterocycles. The number of ether oxygens (including phenoxy) is 2. The van der Waals surface area contributed by atoms with E-state index in [9.17, 15) is 14.4 Å². The second kappa shape index (κ2) is 6.03. The molecule has 0 fully saturated rings. The van der Waals surface area contributed by atoms with Gasteiger partial charge in [-0.25, -0.2) is 4.79 Å². The second-order valence-corrected chi connectivity index (χ2v) is 4.16. The van der Waals surface area contributed by atoms with Gasteiger partial charge in [-0.15, -0.1) is 0 Å². The first-order valence-electron chi connectivity index (χ1n) is 4.90. The van der Waals surface area contributed by atoms with Crippen LogP contribution < -0.4 is 0 Å². The van der Waals surface area contributed by atoms with Gasteiger partial charge >= 0.3 is 17.9 Å². The molecule has 1 N–H and O–H groups in total. The summed E-state index contributed by atoms with van der Waals surface area (Å²) < 4.78 is 9.66. The van der Waals surface area contributed by atoms with Gasteiger partial charge in [0.15, 0.2) is 0 Å². The van der Waals surface area contributed by atoms with Crippen LogP contribution in [0.25, 0.3) is 0 Å². The van der Waals surface area contributed by atoms with Crippen LogP contribution >= 0.6 is 0 Å². The van der Waals surface area contributed by atoms with Crippen molar-refractivity contribution in [3.8, 4) is 0 Å². The lowest BCUT2D eigenvalue weighted by Crippen LogP contribution is -2.35. The largest absolute Gasteiger partial charge is 0.481 e. The zero-order valence-corrected chi connectivity index (χ0v) is 10.1. The number of hydrogen-bond acceptors (Lipinski definition) is 5. The second-order valence-electron chi connectivity index (χ2n) is 4.16. The van der Waals surface area contributed by atoms with Gasteiger partial charge in [-0.2, -0.15) is 0 Å². The Morgan fingerprint density at radius 1 is 1.29 bits per heavy atom. The molecule has 17 heavy (non-hydrogen) atoms. The van der Waals surface area contributed by atoms with Gasteiger partial charge in [-0.3, -0.25) is 9.59 Å². The van der Waals surface area contributed by atoms with Crippen molar-refractivity contribution in [1.29, 1.82) is 0 Å². The molecule has 0 aliphatic rings. The van der Waals surface area contributed by atoms with E-state index in [1.54, 1.807) is 13.8 Å². The normalized spacial score (nSPS) is 10.5. The summed E-state index contributed by atoms with van der Waals surface area (Å²) in [6.45, 7) is 7.79.